The van der Waals surface area contributed by atoms with Crippen molar-refractivity contribution < 1.29 is 4.79 Å². The predicted molar refractivity (Wildman–Crippen MR) is 111 cm³/mol. The van der Waals surface area contributed by atoms with E-state index in [2.05, 4.69) is 32.0 Å². The van der Waals surface area contributed by atoms with Gasteiger partial charge in [-0.2, -0.15) is 10.4 Å². The summed E-state index contributed by atoms with van der Waals surface area (Å²) in [4.78, 5) is 14.1. The van der Waals surface area contributed by atoms with E-state index in [1.165, 1.54) is 0 Å². The largest absolute Gasteiger partial charge is 0.369 e. The molecular formula is C21H23ClN6O. The highest BCUT2D eigenvalue weighted by molar-refractivity contribution is 6.35. The lowest BCUT2D eigenvalue weighted by Gasteiger charge is -2.34. The smallest absolute Gasteiger partial charge is 0.238 e. The van der Waals surface area contributed by atoms with Crippen LogP contribution in [0.15, 0.2) is 30.5 Å². The van der Waals surface area contributed by atoms with Gasteiger partial charge in [-0.25, -0.2) is 0 Å². The molecule has 150 valence electrons. The molecule has 2 N–H and O–H groups in total. The second-order valence-electron chi connectivity index (χ2n) is 7.67. The summed E-state index contributed by atoms with van der Waals surface area (Å²) in [5.41, 5.74) is 8.14. The van der Waals surface area contributed by atoms with Crippen LogP contribution in [0.1, 0.15) is 49.1 Å². The van der Waals surface area contributed by atoms with Crippen LogP contribution in [0.2, 0.25) is 5.02 Å². The zero-order chi connectivity index (χ0) is 20.2. The minimum absolute atomic E-state index is 0.0623. The third kappa shape index (κ3) is 4.60. The third-order valence-electron chi connectivity index (χ3n) is 5.62. The lowest BCUT2D eigenvalue weighted by molar-refractivity contribution is -0.120. The number of piperidine rings is 1. The van der Waals surface area contributed by atoms with E-state index < -0.39 is 0 Å². The Kier molecular flexibility index (Phi) is 5.81. The van der Waals surface area contributed by atoms with Crippen LogP contribution in [-0.4, -0.2) is 29.2 Å². The van der Waals surface area contributed by atoms with Crippen molar-refractivity contribution in [3.8, 4) is 6.07 Å². The second kappa shape index (κ2) is 8.66. The van der Waals surface area contributed by atoms with E-state index in [1.807, 2.05) is 24.3 Å². The summed E-state index contributed by atoms with van der Waals surface area (Å²) < 4.78 is 0. The molecule has 2 aromatic rings. The molecule has 0 atom stereocenters. The molecule has 0 unspecified atom stereocenters. The first-order valence-electron chi connectivity index (χ1n) is 9.95. The Morgan fingerprint density at radius 2 is 2.00 bits per heavy atom. The van der Waals surface area contributed by atoms with Crippen LogP contribution in [-0.2, 0) is 4.79 Å². The molecule has 1 aromatic heterocycles. The molecule has 0 radical (unpaired) electrons. The molecule has 2 fully saturated rings. The number of halogens is 1. The van der Waals surface area contributed by atoms with Gasteiger partial charge in [0.2, 0.25) is 5.91 Å². The number of carbonyl (C=O) groups is 1. The van der Waals surface area contributed by atoms with Gasteiger partial charge in [-0.15, -0.1) is 5.10 Å². The minimum Gasteiger partial charge on any atom is -0.369 e. The van der Waals surface area contributed by atoms with Crippen LogP contribution in [0.3, 0.4) is 0 Å². The van der Waals surface area contributed by atoms with Gasteiger partial charge in [0.25, 0.3) is 0 Å². The molecule has 2 heterocycles. The zero-order valence-corrected chi connectivity index (χ0v) is 16.8. The van der Waals surface area contributed by atoms with Crippen molar-refractivity contribution in [1.29, 1.82) is 5.26 Å². The molecule has 1 aromatic carbocycles. The van der Waals surface area contributed by atoms with Crippen LogP contribution >= 0.6 is 11.6 Å². The van der Waals surface area contributed by atoms with E-state index >= 15 is 0 Å². The van der Waals surface area contributed by atoms with Gasteiger partial charge >= 0.3 is 0 Å². The Labute approximate surface area is 175 Å². The third-order valence-corrected chi connectivity index (χ3v) is 5.99. The Morgan fingerprint density at radius 3 is 2.72 bits per heavy atom. The summed E-state index contributed by atoms with van der Waals surface area (Å²) in [6.07, 6.45) is 6.28. The number of aromatic nitrogens is 2. The van der Waals surface area contributed by atoms with E-state index in [-0.39, 0.29) is 5.91 Å². The molecule has 4 rings (SSSR count). The number of benzene rings is 1. The van der Waals surface area contributed by atoms with E-state index in [9.17, 15) is 10.1 Å². The van der Waals surface area contributed by atoms with Gasteiger partial charge in [-0.3, -0.25) is 15.6 Å². The van der Waals surface area contributed by atoms with Gasteiger partial charge in [-0.1, -0.05) is 29.8 Å². The van der Waals surface area contributed by atoms with Crippen LogP contribution in [0, 0.1) is 17.2 Å². The average molecular weight is 411 g/mol. The van der Waals surface area contributed by atoms with E-state index in [1.54, 1.807) is 6.20 Å². The lowest BCUT2D eigenvalue weighted by atomic mass is 9.86. The van der Waals surface area contributed by atoms with Gasteiger partial charge in [-0.05, 0) is 49.1 Å². The SMILES string of the molecule is N#Cc1ccccc1C1CCN(c2cnnc(NNC(=O)CC3CC3)c2Cl)CC1. The second-order valence-corrected chi connectivity index (χ2v) is 8.05. The Morgan fingerprint density at radius 1 is 1.24 bits per heavy atom. The highest BCUT2D eigenvalue weighted by Gasteiger charge is 2.26. The standard InChI is InChI=1S/C21H23ClN6O/c22-20-18(13-24-26-21(20)27-25-19(29)11-14-5-6-14)28-9-7-15(8-10-28)17-4-2-1-3-16(17)12-23/h1-4,13-15H,5-11H2,(H,25,29)(H,26,27). The maximum Gasteiger partial charge on any atom is 0.238 e. The Bertz CT molecular complexity index is 931. The van der Waals surface area contributed by atoms with E-state index in [4.69, 9.17) is 11.6 Å². The Balaban J connectivity index is 1.39. The molecular weight excluding hydrogens is 388 g/mol. The fourth-order valence-electron chi connectivity index (χ4n) is 3.81. The molecule has 0 spiro atoms. The van der Waals surface area contributed by atoms with E-state index in [0.29, 0.717) is 29.1 Å². The first-order valence-corrected chi connectivity index (χ1v) is 10.3. The van der Waals surface area contributed by atoms with Gasteiger partial charge in [0.05, 0.1) is 23.5 Å². The highest BCUT2D eigenvalue weighted by Crippen LogP contribution is 2.36. The molecule has 7 nitrogen and oxygen atoms in total. The van der Waals surface area contributed by atoms with Crippen LogP contribution in [0.25, 0.3) is 0 Å². The summed E-state index contributed by atoms with van der Waals surface area (Å²) in [5.74, 6) is 1.16. The summed E-state index contributed by atoms with van der Waals surface area (Å²) in [6.45, 7) is 1.62. The summed E-state index contributed by atoms with van der Waals surface area (Å²) in [7, 11) is 0. The average Bonchev–Trinajstić information content (AvgIpc) is 3.57. The van der Waals surface area contributed by atoms with Crippen molar-refractivity contribution in [3.63, 3.8) is 0 Å². The maximum atomic E-state index is 11.9. The number of nitriles is 1. The molecule has 2 aliphatic rings. The number of amides is 1. The van der Waals surface area contributed by atoms with Crippen molar-refractivity contribution in [1.82, 2.24) is 15.6 Å². The monoisotopic (exact) mass is 410 g/mol. The number of hydrogen-bond donors (Lipinski definition) is 2. The quantitative estimate of drug-likeness (QED) is 0.706. The number of hydrazine groups is 1. The summed E-state index contributed by atoms with van der Waals surface area (Å²) >= 11 is 6.54. The topological polar surface area (TPSA) is 93.9 Å². The molecule has 1 aliphatic heterocycles. The van der Waals surface area contributed by atoms with Crippen LogP contribution in [0.5, 0.6) is 0 Å². The van der Waals surface area contributed by atoms with Gasteiger partial charge in [0.15, 0.2) is 5.82 Å². The van der Waals surface area contributed by atoms with E-state index in [0.717, 1.165) is 55.6 Å². The van der Waals surface area contributed by atoms with Crippen molar-refractivity contribution in [2.24, 2.45) is 5.92 Å². The Hall–Kier alpha value is -2.85. The molecule has 1 saturated carbocycles. The highest BCUT2D eigenvalue weighted by atomic mass is 35.5. The number of carbonyl (C=O) groups excluding carboxylic acids is 1. The van der Waals surface area contributed by atoms with Crippen molar-refractivity contribution in [2.45, 2.75) is 38.0 Å². The van der Waals surface area contributed by atoms with Crippen LogP contribution < -0.4 is 15.8 Å². The predicted octanol–water partition coefficient (Wildman–Crippen LogP) is 3.63. The molecule has 8 heteroatoms. The maximum absolute atomic E-state index is 11.9. The minimum atomic E-state index is -0.0623. The van der Waals surface area contributed by atoms with Gasteiger partial charge < -0.3 is 4.90 Å². The fourth-order valence-corrected chi connectivity index (χ4v) is 4.07. The molecule has 29 heavy (non-hydrogen) atoms. The summed E-state index contributed by atoms with van der Waals surface area (Å²) in [6, 6.07) is 10.1. The summed E-state index contributed by atoms with van der Waals surface area (Å²) in [5, 5.41) is 17.9. The number of nitrogens with zero attached hydrogens (tertiary/aromatic N) is 4. The van der Waals surface area contributed by atoms with Crippen molar-refractivity contribution in [2.75, 3.05) is 23.4 Å². The van der Waals surface area contributed by atoms with Gasteiger partial charge in [0, 0.05) is 19.5 Å². The molecule has 1 aliphatic carbocycles. The van der Waals surface area contributed by atoms with Crippen molar-refractivity contribution in [3.05, 3.63) is 46.6 Å². The number of nitrogens with one attached hydrogen (secondary N) is 2. The lowest BCUT2D eigenvalue weighted by Crippen LogP contribution is -2.34. The zero-order valence-electron chi connectivity index (χ0n) is 16.1. The van der Waals surface area contributed by atoms with Crippen LogP contribution in [0.4, 0.5) is 11.5 Å². The number of anilines is 2. The fraction of sp³-hybridized carbons (Fsp3) is 0.429. The van der Waals surface area contributed by atoms with Crippen molar-refractivity contribution >= 4 is 29.0 Å². The normalized spacial score (nSPS) is 16.9. The first-order chi connectivity index (χ1) is 14.2. The molecule has 1 amide bonds. The number of rotatable bonds is 6. The van der Waals surface area contributed by atoms with Gasteiger partial charge in [0.1, 0.15) is 5.02 Å². The molecule has 1 saturated heterocycles. The first kappa shape index (κ1) is 19.5. The molecule has 0 bridgehead atoms. The number of hydrogen-bond acceptors (Lipinski definition) is 6.